The van der Waals surface area contributed by atoms with Gasteiger partial charge in [0.1, 0.15) is 5.75 Å². The molecule has 1 fully saturated rings. The Balaban J connectivity index is 2.17. The molecule has 0 amide bonds. The van der Waals surface area contributed by atoms with Gasteiger partial charge < -0.3 is 4.74 Å². The van der Waals surface area contributed by atoms with Crippen LogP contribution in [0.15, 0.2) is 12.1 Å². The van der Waals surface area contributed by atoms with Gasteiger partial charge in [0.25, 0.3) is 0 Å². The van der Waals surface area contributed by atoms with Crippen molar-refractivity contribution in [2.24, 2.45) is 11.8 Å². The lowest BCUT2D eigenvalue weighted by molar-refractivity contribution is 0.0997. The minimum Gasteiger partial charge on any atom is -0.490 e. The first-order chi connectivity index (χ1) is 8.99. The molecule has 2 unspecified atom stereocenters. The summed E-state index contributed by atoms with van der Waals surface area (Å²) in [7, 11) is 0. The van der Waals surface area contributed by atoms with Crippen molar-refractivity contribution in [1.82, 2.24) is 0 Å². The number of hydrogen-bond donors (Lipinski definition) is 0. The molecule has 0 aromatic heterocycles. The maximum atomic E-state index is 8.98. The maximum Gasteiger partial charge on any atom is 0.125 e. The van der Waals surface area contributed by atoms with E-state index in [4.69, 9.17) is 10.00 Å². The van der Waals surface area contributed by atoms with Crippen molar-refractivity contribution in [1.29, 1.82) is 5.26 Å². The molecular weight excluding hydrogens is 234 g/mol. The molecule has 2 heteroatoms. The second-order valence-electron chi connectivity index (χ2n) is 6.21. The Morgan fingerprint density at radius 3 is 2.05 bits per heavy atom. The van der Waals surface area contributed by atoms with Gasteiger partial charge >= 0.3 is 0 Å². The topological polar surface area (TPSA) is 33.0 Å². The fourth-order valence-corrected chi connectivity index (χ4v) is 3.34. The molecule has 0 spiro atoms. The number of aryl methyl sites for hydroxylation is 2. The Morgan fingerprint density at radius 1 is 1.05 bits per heavy atom. The van der Waals surface area contributed by atoms with Gasteiger partial charge in [-0.05, 0) is 68.2 Å². The molecule has 0 saturated heterocycles. The third-order valence-corrected chi connectivity index (χ3v) is 4.01. The first-order valence-electron chi connectivity index (χ1n) is 7.17. The third-order valence-electron chi connectivity index (χ3n) is 4.01. The van der Waals surface area contributed by atoms with Crippen molar-refractivity contribution in [3.8, 4) is 11.8 Å². The van der Waals surface area contributed by atoms with Gasteiger partial charge in [0.15, 0.2) is 0 Å². The summed E-state index contributed by atoms with van der Waals surface area (Å²) in [5, 5.41) is 8.98. The highest BCUT2D eigenvalue weighted by Gasteiger charge is 2.26. The molecule has 102 valence electrons. The molecule has 0 heterocycles. The summed E-state index contributed by atoms with van der Waals surface area (Å²) in [6.07, 6.45) is 3.92. The number of benzene rings is 1. The van der Waals surface area contributed by atoms with Crippen LogP contribution < -0.4 is 4.74 Å². The predicted molar refractivity (Wildman–Crippen MR) is 77.2 cm³/mol. The molecule has 1 aromatic carbocycles. The van der Waals surface area contributed by atoms with Crippen LogP contribution in [0.4, 0.5) is 0 Å². The molecule has 2 rings (SSSR count). The van der Waals surface area contributed by atoms with Gasteiger partial charge in [-0.25, -0.2) is 0 Å². The molecule has 1 aliphatic carbocycles. The fourth-order valence-electron chi connectivity index (χ4n) is 3.34. The summed E-state index contributed by atoms with van der Waals surface area (Å²) in [6.45, 7) is 8.67. The van der Waals surface area contributed by atoms with E-state index in [0.717, 1.165) is 41.6 Å². The molecular formula is C17H23NO. The van der Waals surface area contributed by atoms with Crippen LogP contribution in [-0.2, 0) is 0 Å². The van der Waals surface area contributed by atoms with E-state index in [9.17, 15) is 0 Å². The Bertz CT molecular complexity index is 467. The molecule has 0 aliphatic heterocycles. The summed E-state index contributed by atoms with van der Waals surface area (Å²) >= 11 is 0. The molecule has 19 heavy (non-hydrogen) atoms. The zero-order chi connectivity index (χ0) is 14.0. The van der Waals surface area contributed by atoms with E-state index in [1.807, 2.05) is 26.0 Å². The second kappa shape index (κ2) is 5.65. The largest absolute Gasteiger partial charge is 0.490 e. The van der Waals surface area contributed by atoms with E-state index in [1.165, 1.54) is 6.42 Å². The molecule has 2 nitrogen and oxygen atoms in total. The van der Waals surface area contributed by atoms with Gasteiger partial charge in [0, 0.05) is 0 Å². The standard InChI is InChI=1S/C17H23NO/c1-11-5-12(2)7-16(6-11)19-17-13(3)8-15(10-18)9-14(17)4/h8-9,11-12,16H,5-7H2,1-4H3. The number of rotatable bonds is 2. The lowest BCUT2D eigenvalue weighted by Gasteiger charge is -2.32. The second-order valence-corrected chi connectivity index (χ2v) is 6.21. The summed E-state index contributed by atoms with van der Waals surface area (Å²) < 4.78 is 6.25. The number of nitrogens with zero attached hydrogens (tertiary/aromatic N) is 1. The van der Waals surface area contributed by atoms with E-state index in [2.05, 4.69) is 19.9 Å². The van der Waals surface area contributed by atoms with Crippen molar-refractivity contribution in [3.05, 3.63) is 28.8 Å². The molecule has 0 bridgehead atoms. The Kier molecular flexibility index (Phi) is 4.14. The van der Waals surface area contributed by atoms with Gasteiger partial charge in [-0.1, -0.05) is 13.8 Å². The first kappa shape index (κ1) is 13.9. The Hall–Kier alpha value is -1.49. The normalized spacial score (nSPS) is 26.8. The average Bonchev–Trinajstić information content (AvgIpc) is 2.32. The number of nitriles is 1. The lowest BCUT2D eigenvalue weighted by Crippen LogP contribution is -2.29. The highest BCUT2D eigenvalue weighted by atomic mass is 16.5. The first-order valence-corrected chi connectivity index (χ1v) is 7.17. The fraction of sp³-hybridized carbons (Fsp3) is 0.588. The SMILES string of the molecule is Cc1cc(C#N)cc(C)c1OC1CC(C)CC(C)C1. The summed E-state index contributed by atoms with van der Waals surface area (Å²) in [4.78, 5) is 0. The Labute approximate surface area is 116 Å². The van der Waals surface area contributed by atoms with E-state index in [1.54, 1.807) is 0 Å². The number of ether oxygens (including phenoxy) is 1. The summed E-state index contributed by atoms with van der Waals surface area (Å²) in [6, 6.07) is 6.03. The minimum absolute atomic E-state index is 0.323. The van der Waals surface area contributed by atoms with Crippen molar-refractivity contribution in [2.75, 3.05) is 0 Å². The summed E-state index contributed by atoms with van der Waals surface area (Å²) in [5.41, 5.74) is 2.86. The van der Waals surface area contributed by atoms with Crippen LogP contribution in [0.25, 0.3) is 0 Å². The highest BCUT2D eigenvalue weighted by Crippen LogP contribution is 2.33. The minimum atomic E-state index is 0.323. The van der Waals surface area contributed by atoms with E-state index in [0.29, 0.717) is 11.7 Å². The number of hydrogen-bond acceptors (Lipinski definition) is 2. The van der Waals surface area contributed by atoms with Crippen LogP contribution in [0, 0.1) is 37.0 Å². The molecule has 2 atom stereocenters. The van der Waals surface area contributed by atoms with Crippen LogP contribution in [-0.4, -0.2) is 6.10 Å². The van der Waals surface area contributed by atoms with Crippen LogP contribution in [0.3, 0.4) is 0 Å². The van der Waals surface area contributed by atoms with Crippen LogP contribution in [0.1, 0.15) is 49.8 Å². The third kappa shape index (κ3) is 3.29. The smallest absolute Gasteiger partial charge is 0.125 e. The van der Waals surface area contributed by atoms with Crippen molar-refractivity contribution < 1.29 is 4.74 Å². The van der Waals surface area contributed by atoms with Crippen molar-refractivity contribution >= 4 is 0 Å². The van der Waals surface area contributed by atoms with Crippen LogP contribution >= 0.6 is 0 Å². The average molecular weight is 257 g/mol. The zero-order valence-electron chi connectivity index (χ0n) is 12.4. The van der Waals surface area contributed by atoms with Crippen LogP contribution in [0.5, 0.6) is 5.75 Å². The molecule has 1 aliphatic rings. The van der Waals surface area contributed by atoms with Crippen LogP contribution in [0.2, 0.25) is 0 Å². The van der Waals surface area contributed by atoms with Gasteiger partial charge in [-0.2, -0.15) is 5.26 Å². The van der Waals surface area contributed by atoms with Gasteiger partial charge in [-0.3, -0.25) is 0 Å². The van der Waals surface area contributed by atoms with E-state index < -0.39 is 0 Å². The quantitative estimate of drug-likeness (QED) is 0.787. The molecule has 1 saturated carbocycles. The molecule has 0 radical (unpaired) electrons. The highest BCUT2D eigenvalue weighted by molar-refractivity contribution is 5.47. The van der Waals surface area contributed by atoms with E-state index >= 15 is 0 Å². The monoisotopic (exact) mass is 257 g/mol. The van der Waals surface area contributed by atoms with E-state index in [-0.39, 0.29) is 0 Å². The van der Waals surface area contributed by atoms with Crippen molar-refractivity contribution in [2.45, 2.75) is 53.1 Å². The Morgan fingerprint density at radius 2 is 1.58 bits per heavy atom. The lowest BCUT2D eigenvalue weighted by atomic mass is 9.81. The summed E-state index contributed by atoms with van der Waals surface area (Å²) in [5.74, 6) is 2.46. The van der Waals surface area contributed by atoms with Gasteiger partial charge in [-0.15, -0.1) is 0 Å². The molecule has 0 N–H and O–H groups in total. The van der Waals surface area contributed by atoms with Gasteiger partial charge in [0.2, 0.25) is 0 Å². The zero-order valence-corrected chi connectivity index (χ0v) is 12.4. The predicted octanol–water partition coefficient (Wildman–Crippen LogP) is 4.38. The maximum absolute atomic E-state index is 8.98. The van der Waals surface area contributed by atoms with Crippen molar-refractivity contribution in [3.63, 3.8) is 0 Å². The van der Waals surface area contributed by atoms with Gasteiger partial charge in [0.05, 0.1) is 17.7 Å². The molecule has 1 aromatic rings.